The van der Waals surface area contributed by atoms with E-state index in [1.54, 1.807) is 13.2 Å². The third kappa shape index (κ3) is 1.98. The van der Waals surface area contributed by atoms with Crippen LogP contribution in [-0.2, 0) is 14.3 Å². The molecule has 0 aromatic rings. The lowest BCUT2D eigenvalue weighted by molar-refractivity contribution is -0.274. The van der Waals surface area contributed by atoms with Crippen LogP contribution in [0, 0.1) is 28.6 Å². The van der Waals surface area contributed by atoms with E-state index >= 15 is 0 Å². The highest BCUT2D eigenvalue weighted by atomic mass is 16.7. The summed E-state index contributed by atoms with van der Waals surface area (Å²) in [6, 6.07) is 0. The lowest BCUT2D eigenvalue weighted by Gasteiger charge is -2.67. The van der Waals surface area contributed by atoms with Crippen LogP contribution in [0.2, 0.25) is 0 Å². The summed E-state index contributed by atoms with van der Waals surface area (Å²) in [7, 11) is 1.64. The third-order valence-corrected chi connectivity index (χ3v) is 8.67. The summed E-state index contributed by atoms with van der Waals surface area (Å²) in [6.45, 7) is 8.94. The maximum atomic E-state index is 12.0. The van der Waals surface area contributed by atoms with Crippen LogP contribution in [0.15, 0.2) is 11.6 Å². The summed E-state index contributed by atoms with van der Waals surface area (Å²) in [5.41, 5.74) is 0.0811. The minimum atomic E-state index is -0.916. The van der Waals surface area contributed by atoms with Gasteiger partial charge in [-0.1, -0.05) is 34.1 Å². The molecule has 3 fully saturated rings. The van der Waals surface area contributed by atoms with Gasteiger partial charge in [0.25, 0.3) is 0 Å². The Morgan fingerprint density at radius 1 is 1.24 bits per heavy atom. The molecule has 1 N–H and O–H groups in total. The van der Waals surface area contributed by atoms with Gasteiger partial charge in [-0.15, -0.1) is 0 Å². The summed E-state index contributed by atoms with van der Waals surface area (Å²) in [5.74, 6) is -0.184. The Kier molecular flexibility index (Phi) is 3.58. The summed E-state index contributed by atoms with van der Waals surface area (Å²) in [5, 5.41) is 11.9. The number of rotatable bonds is 1. The molecule has 0 aromatic heterocycles. The highest BCUT2D eigenvalue weighted by Crippen LogP contribution is 2.68. The van der Waals surface area contributed by atoms with Crippen molar-refractivity contribution in [3.63, 3.8) is 0 Å². The van der Waals surface area contributed by atoms with Crippen LogP contribution in [0.1, 0.15) is 66.2 Å². The second-order valence-electron chi connectivity index (χ2n) is 9.79. The fourth-order valence-electron chi connectivity index (χ4n) is 7.11. The highest BCUT2D eigenvalue weighted by Gasteiger charge is 2.68. The van der Waals surface area contributed by atoms with Gasteiger partial charge in [-0.3, -0.25) is 0 Å². The predicted molar refractivity (Wildman–Crippen MR) is 94.6 cm³/mol. The standard InChI is InChI=1S/C21H32O4/c1-13-14-7-10-21(23)18(2,3)8-6-9-19(21,4)16(14)12-20(24-5)15(13)11-17(22)25-20/h11,13-14,16,23H,6-10,12H2,1-5H3/t13-,14-,16-,19-,20-,21-/m1/s1. The van der Waals surface area contributed by atoms with Gasteiger partial charge < -0.3 is 14.6 Å². The molecular weight excluding hydrogens is 316 g/mol. The fraction of sp³-hybridized carbons (Fsp3) is 0.857. The van der Waals surface area contributed by atoms with Gasteiger partial charge in [0.15, 0.2) is 0 Å². The quantitative estimate of drug-likeness (QED) is 0.732. The molecule has 140 valence electrons. The van der Waals surface area contributed by atoms with Gasteiger partial charge in [-0.05, 0) is 48.9 Å². The number of hydrogen-bond donors (Lipinski definition) is 1. The van der Waals surface area contributed by atoms with Crippen LogP contribution in [0.5, 0.6) is 0 Å². The molecule has 4 aliphatic rings. The Balaban J connectivity index is 1.80. The van der Waals surface area contributed by atoms with Gasteiger partial charge in [-0.2, -0.15) is 0 Å². The van der Waals surface area contributed by atoms with E-state index in [2.05, 4.69) is 27.7 Å². The van der Waals surface area contributed by atoms with E-state index in [9.17, 15) is 9.90 Å². The van der Waals surface area contributed by atoms with E-state index < -0.39 is 11.4 Å². The Morgan fingerprint density at radius 2 is 1.96 bits per heavy atom. The van der Waals surface area contributed by atoms with E-state index in [4.69, 9.17) is 9.47 Å². The van der Waals surface area contributed by atoms with Crippen LogP contribution >= 0.6 is 0 Å². The predicted octanol–water partition coefficient (Wildman–Crippen LogP) is 3.83. The van der Waals surface area contributed by atoms with Crippen LogP contribution in [0.4, 0.5) is 0 Å². The minimum absolute atomic E-state index is 0.0864. The lowest BCUT2D eigenvalue weighted by Crippen LogP contribution is -2.67. The summed E-state index contributed by atoms with van der Waals surface area (Å²) < 4.78 is 11.5. The molecule has 4 nitrogen and oxygen atoms in total. The van der Waals surface area contributed by atoms with Crippen molar-refractivity contribution in [3.05, 3.63) is 11.6 Å². The average molecular weight is 348 g/mol. The van der Waals surface area contributed by atoms with E-state index in [1.807, 2.05) is 0 Å². The van der Waals surface area contributed by atoms with E-state index in [0.29, 0.717) is 18.3 Å². The first-order chi connectivity index (χ1) is 11.6. The largest absolute Gasteiger partial charge is 0.426 e. The molecule has 25 heavy (non-hydrogen) atoms. The number of carbonyl (C=O) groups excluding carboxylic acids is 1. The number of aliphatic hydroxyl groups is 1. The molecule has 3 aliphatic carbocycles. The molecule has 4 rings (SSSR count). The second kappa shape index (κ2) is 5.10. The minimum Gasteiger partial charge on any atom is -0.426 e. The molecule has 0 saturated heterocycles. The van der Waals surface area contributed by atoms with Crippen LogP contribution < -0.4 is 0 Å². The summed E-state index contributed by atoms with van der Waals surface area (Å²) >= 11 is 0. The van der Waals surface area contributed by atoms with Gasteiger partial charge in [0.05, 0.1) is 5.60 Å². The van der Waals surface area contributed by atoms with Gasteiger partial charge >= 0.3 is 5.97 Å². The number of hydrogen-bond acceptors (Lipinski definition) is 4. The van der Waals surface area contributed by atoms with Crippen molar-refractivity contribution in [1.29, 1.82) is 0 Å². The van der Waals surface area contributed by atoms with Crippen LogP contribution in [0.3, 0.4) is 0 Å². The number of fused-ring (bicyclic) bond motifs is 4. The number of methoxy groups -OCH3 is 1. The normalized spacial score (nSPS) is 51.0. The molecule has 0 aromatic carbocycles. The van der Waals surface area contributed by atoms with Crippen molar-refractivity contribution in [2.75, 3.05) is 7.11 Å². The summed E-state index contributed by atoms with van der Waals surface area (Å²) in [6.07, 6.45) is 7.43. The molecule has 1 aliphatic heterocycles. The molecule has 0 amide bonds. The Hall–Kier alpha value is -0.870. The zero-order chi connectivity index (χ0) is 18.3. The third-order valence-electron chi connectivity index (χ3n) is 8.67. The SMILES string of the molecule is CO[C@@]12C[C@@H]3[C@H](CC[C@@]4(O)C(C)(C)CCC[C@]34C)[C@@H](C)C1=CC(=O)O2. The lowest BCUT2D eigenvalue weighted by atomic mass is 9.41. The first kappa shape index (κ1) is 17.5. The summed E-state index contributed by atoms with van der Waals surface area (Å²) in [4.78, 5) is 12.0. The Morgan fingerprint density at radius 3 is 2.64 bits per heavy atom. The number of carbonyl (C=O) groups is 1. The van der Waals surface area contributed by atoms with Crippen molar-refractivity contribution in [1.82, 2.24) is 0 Å². The van der Waals surface area contributed by atoms with Gasteiger partial charge in [-0.25, -0.2) is 4.79 Å². The maximum absolute atomic E-state index is 12.0. The first-order valence-electron chi connectivity index (χ1n) is 9.83. The highest BCUT2D eigenvalue weighted by molar-refractivity contribution is 5.86. The Labute approximate surface area is 151 Å². The van der Waals surface area contributed by atoms with Crippen LogP contribution in [-0.4, -0.2) is 29.6 Å². The van der Waals surface area contributed by atoms with Gasteiger partial charge in [0.2, 0.25) is 5.79 Å². The molecule has 0 unspecified atom stereocenters. The first-order valence-corrected chi connectivity index (χ1v) is 9.83. The molecule has 6 atom stereocenters. The topological polar surface area (TPSA) is 55.8 Å². The fourth-order valence-corrected chi connectivity index (χ4v) is 7.11. The zero-order valence-electron chi connectivity index (χ0n) is 16.2. The van der Waals surface area contributed by atoms with Crippen LogP contribution in [0.25, 0.3) is 0 Å². The van der Waals surface area contributed by atoms with E-state index in [0.717, 1.165) is 37.7 Å². The number of ether oxygens (including phenoxy) is 2. The molecule has 3 saturated carbocycles. The zero-order valence-corrected chi connectivity index (χ0v) is 16.2. The van der Waals surface area contributed by atoms with Crippen molar-refractivity contribution < 1.29 is 19.4 Å². The maximum Gasteiger partial charge on any atom is 0.333 e. The van der Waals surface area contributed by atoms with Gasteiger partial charge in [0, 0.05) is 30.6 Å². The van der Waals surface area contributed by atoms with Crippen molar-refractivity contribution in [2.45, 2.75) is 77.6 Å². The molecule has 4 heteroatoms. The molecule has 1 heterocycles. The molecule has 0 radical (unpaired) electrons. The second-order valence-corrected chi connectivity index (χ2v) is 9.79. The van der Waals surface area contributed by atoms with E-state index in [-0.39, 0.29) is 22.7 Å². The average Bonchev–Trinajstić information content (AvgIpc) is 2.88. The number of esters is 1. The van der Waals surface area contributed by atoms with Crippen molar-refractivity contribution >= 4 is 5.97 Å². The molecule has 0 bridgehead atoms. The van der Waals surface area contributed by atoms with Crippen molar-refractivity contribution in [2.24, 2.45) is 28.6 Å². The Bertz CT molecular complexity index is 638. The molecule has 0 spiro atoms. The van der Waals surface area contributed by atoms with Gasteiger partial charge in [0.1, 0.15) is 0 Å². The monoisotopic (exact) mass is 348 g/mol. The molecular formula is C21H32O4. The van der Waals surface area contributed by atoms with Crippen molar-refractivity contribution in [3.8, 4) is 0 Å². The van der Waals surface area contributed by atoms with E-state index in [1.165, 1.54) is 0 Å². The smallest absolute Gasteiger partial charge is 0.333 e.